The zero-order chi connectivity index (χ0) is 14.0. The molecular weight excluding hydrogens is 332 g/mol. The number of aliphatic hydroxyl groups is 1. The molecule has 0 spiro atoms. The standard InChI is InChI=1S/C12H17BrN2O3S/c13-11-7-9(14)4-5-12(11)19(17,18)15-6-2-1-3-10(15)8-16/h4-5,7,10,16H,1-3,6,8,14H2. The molecule has 1 heterocycles. The lowest BCUT2D eigenvalue weighted by Crippen LogP contribution is -2.45. The van der Waals surface area contributed by atoms with Crippen LogP contribution in [0.15, 0.2) is 27.6 Å². The summed E-state index contributed by atoms with van der Waals surface area (Å²) < 4.78 is 27.1. The van der Waals surface area contributed by atoms with Gasteiger partial charge in [-0.15, -0.1) is 0 Å². The van der Waals surface area contributed by atoms with E-state index in [2.05, 4.69) is 15.9 Å². The number of piperidine rings is 1. The predicted molar refractivity (Wildman–Crippen MR) is 77.2 cm³/mol. The molecule has 1 atom stereocenters. The van der Waals surface area contributed by atoms with Crippen LogP contribution in [-0.2, 0) is 10.0 Å². The van der Waals surface area contributed by atoms with Gasteiger partial charge < -0.3 is 10.8 Å². The fourth-order valence-electron chi connectivity index (χ4n) is 2.33. The van der Waals surface area contributed by atoms with Gasteiger partial charge in [-0.3, -0.25) is 0 Å². The normalized spacial score (nSPS) is 21.5. The Balaban J connectivity index is 2.40. The van der Waals surface area contributed by atoms with Gasteiger partial charge in [0.1, 0.15) is 0 Å². The van der Waals surface area contributed by atoms with E-state index in [0.717, 1.165) is 12.8 Å². The lowest BCUT2D eigenvalue weighted by molar-refractivity contribution is 0.155. The van der Waals surface area contributed by atoms with Crippen LogP contribution in [0.5, 0.6) is 0 Å². The number of nitrogens with two attached hydrogens (primary N) is 1. The van der Waals surface area contributed by atoms with Crippen LogP contribution in [0.1, 0.15) is 19.3 Å². The zero-order valence-electron chi connectivity index (χ0n) is 10.4. The molecule has 1 aliphatic rings. The van der Waals surface area contributed by atoms with Crippen LogP contribution in [-0.4, -0.2) is 37.0 Å². The summed E-state index contributed by atoms with van der Waals surface area (Å²) >= 11 is 3.24. The molecule has 1 fully saturated rings. The first-order valence-corrected chi connectivity index (χ1v) is 8.38. The minimum atomic E-state index is -3.60. The van der Waals surface area contributed by atoms with Crippen molar-refractivity contribution in [3.8, 4) is 0 Å². The van der Waals surface area contributed by atoms with Crippen LogP contribution in [0.4, 0.5) is 5.69 Å². The number of sulfonamides is 1. The third kappa shape index (κ3) is 2.94. The molecule has 0 bridgehead atoms. The van der Waals surface area contributed by atoms with E-state index in [-0.39, 0.29) is 17.5 Å². The highest BCUT2D eigenvalue weighted by Crippen LogP contribution is 2.30. The Morgan fingerprint density at radius 2 is 2.16 bits per heavy atom. The van der Waals surface area contributed by atoms with Crippen LogP contribution in [0.3, 0.4) is 0 Å². The Kier molecular flexibility index (Phi) is 4.50. The second-order valence-corrected chi connectivity index (χ2v) is 7.35. The van der Waals surface area contributed by atoms with E-state index in [1.165, 1.54) is 10.4 Å². The SMILES string of the molecule is Nc1ccc(S(=O)(=O)N2CCCCC2CO)c(Br)c1. The van der Waals surface area contributed by atoms with Gasteiger partial charge in [0.25, 0.3) is 0 Å². The molecule has 3 N–H and O–H groups in total. The second kappa shape index (κ2) is 5.78. The molecular formula is C12H17BrN2O3S. The first kappa shape index (κ1) is 14.8. The van der Waals surface area contributed by atoms with Gasteiger partial charge in [-0.1, -0.05) is 6.42 Å². The summed E-state index contributed by atoms with van der Waals surface area (Å²) in [7, 11) is -3.60. The van der Waals surface area contributed by atoms with Crippen molar-refractivity contribution in [3.63, 3.8) is 0 Å². The molecule has 2 rings (SSSR count). The smallest absolute Gasteiger partial charge is 0.244 e. The Labute approximate surface area is 121 Å². The molecule has 0 amide bonds. The van der Waals surface area contributed by atoms with Gasteiger partial charge in [0, 0.05) is 22.7 Å². The summed E-state index contributed by atoms with van der Waals surface area (Å²) in [6, 6.07) is 4.31. The number of hydrogen-bond acceptors (Lipinski definition) is 4. The molecule has 1 aromatic carbocycles. The van der Waals surface area contributed by atoms with Crippen molar-refractivity contribution < 1.29 is 13.5 Å². The van der Waals surface area contributed by atoms with Crippen molar-refractivity contribution in [1.82, 2.24) is 4.31 Å². The number of aliphatic hydroxyl groups excluding tert-OH is 1. The molecule has 0 saturated carbocycles. The van der Waals surface area contributed by atoms with Crippen molar-refractivity contribution in [2.45, 2.75) is 30.2 Å². The first-order valence-electron chi connectivity index (χ1n) is 6.14. The molecule has 19 heavy (non-hydrogen) atoms. The summed E-state index contributed by atoms with van der Waals surface area (Å²) in [5, 5.41) is 9.35. The third-order valence-electron chi connectivity index (χ3n) is 3.33. The van der Waals surface area contributed by atoms with Gasteiger partial charge in [0.2, 0.25) is 10.0 Å². The molecule has 0 aromatic heterocycles. The molecule has 0 radical (unpaired) electrons. The molecule has 106 valence electrons. The van der Waals surface area contributed by atoms with E-state index < -0.39 is 10.0 Å². The minimum Gasteiger partial charge on any atom is -0.399 e. The van der Waals surface area contributed by atoms with Gasteiger partial charge in [0.05, 0.1) is 11.5 Å². The van der Waals surface area contributed by atoms with Crippen molar-refractivity contribution in [3.05, 3.63) is 22.7 Å². The van der Waals surface area contributed by atoms with Crippen molar-refractivity contribution in [2.24, 2.45) is 0 Å². The number of nitrogens with zero attached hydrogens (tertiary/aromatic N) is 1. The monoisotopic (exact) mass is 348 g/mol. The summed E-state index contributed by atoms with van der Waals surface area (Å²) in [4.78, 5) is 0.196. The Hall–Kier alpha value is -0.630. The minimum absolute atomic E-state index is 0.147. The lowest BCUT2D eigenvalue weighted by Gasteiger charge is -2.33. The Bertz CT molecular complexity index is 562. The quantitative estimate of drug-likeness (QED) is 0.812. The van der Waals surface area contributed by atoms with Gasteiger partial charge in [-0.05, 0) is 47.0 Å². The van der Waals surface area contributed by atoms with Crippen LogP contribution >= 0.6 is 15.9 Å². The highest BCUT2D eigenvalue weighted by Gasteiger charge is 2.34. The van der Waals surface area contributed by atoms with Crippen LogP contribution < -0.4 is 5.73 Å². The van der Waals surface area contributed by atoms with Gasteiger partial charge in [-0.2, -0.15) is 4.31 Å². The average Bonchev–Trinajstić information content (AvgIpc) is 2.38. The van der Waals surface area contributed by atoms with E-state index >= 15 is 0 Å². The topological polar surface area (TPSA) is 83.6 Å². The highest BCUT2D eigenvalue weighted by atomic mass is 79.9. The lowest BCUT2D eigenvalue weighted by atomic mass is 10.1. The van der Waals surface area contributed by atoms with E-state index in [1.807, 2.05) is 0 Å². The summed E-state index contributed by atoms with van der Waals surface area (Å²) in [5.41, 5.74) is 6.13. The third-order valence-corrected chi connectivity index (χ3v) is 6.25. The largest absolute Gasteiger partial charge is 0.399 e. The van der Waals surface area contributed by atoms with Crippen molar-refractivity contribution >= 4 is 31.6 Å². The van der Waals surface area contributed by atoms with E-state index in [0.29, 0.717) is 23.1 Å². The molecule has 1 unspecified atom stereocenters. The van der Waals surface area contributed by atoms with E-state index in [1.54, 1.807) is 12.1 Å². The van der Waals surface area contributed by atoms with Crippen LogP contribution in [0, 0.1) is 0 Å². The maximum Gasteiger partial charge on any atom is 0.244 e. The Morgan fingerprint density at radius 1 is 1.42 bits per heavy atom. The maximum atomic E-state index is 12.6. The molecule has 1 aliphatic heterocycles. The molecule has 7 heteroatoms. The van der Waals surface area contributed by atoms with Crippen LogP contribution in [0.2, 0.25) is 0 Å². The van der Waals surface area contributed by atoms with Crippen molar-refractivity contribution in [1.29, 1.82) is 0 Å². The molecule has 0 aliphatic carbocycles. The number of nitrogen functional groups attached to an aromatic ring is 1. The molecule has 1 aromatic rings. The average molecular weight is 349 g/mol. The van der Waals surface area contributed by atoms with Crippen molar-refractivity contribution in [2.75, 3.05) is 18.9 Å². The van der Waals surface area contributed by atoms with E-state index in [9.17, 15) is 13.5 Å². The highest BCUT2D eigenvalue weighted by molar-refractivity contribution is 9.10. The molecule has 1 saturated heterocycles. The summed E-state index contributed by atoms with van der Waals surface area (Å²) in [6.45, 7) is 0.302. The number of benzene rings is 1. The van der Waals surface area contributed by atoms with Crippen LogP contribution in [0.25, 0.3) is 0 Å². The van der Waals surface area contributed by atoms with Gasteiger partial charge in [-0.25, -0.2) is 8.42 Å². The number of rotatable bonds is 3. The van der Waals surface area contributed by atoms with E-state index in [4.69, 9.17) is 5.73 Å². The fourth-order valence-corrected chi connectivity index (χ4v) is 5.07. The van der Waals surface area contributed by atoms with Gasteiger partial charge in [0.15, 0.2) is 0 Å². The van der Waals surface area contributed by atoms with Gasteiger partial charge >= 0.3 is 0 Å². The number of anilines is 1. The Morgan fingerprint density at radius 3 is 2.79 bits per heavy atom. The first-order chi connectivity index (χ1) is 8.96. The summed E-state index contributed by atoms with van der Waals surface area (Å²) in [6.07, 6.45) is 2.46. The summed E-state index contributed by atoms with van der Waals surface area (Å²) in [5.74, 6) is 0. The second-order valence-electron chi connectivity index (χ2n) is 4.64. The number of halogens is 1. The predicted octanol–water partition coefficient (Wildman–Crippen LogP) is 1.57. The maximum absolute atomic E-state index is 12.6. The molecule has 5 nitrogen and oxygen atoms in total. The fraction of sp³-hybridized carbons (Fsp3) is 0.500. The number of hydrogen-bond donors (Lipinski definition) is 2. The zero-order valence-corrected chi connectivity index (χ0v) is 12.8.